The van der Waals surface area contributed by atoms with Crippen LogP contribution in [-0.2, 0) is 4.79 Å². The first-order chi connectivity index (χ1) is 9.23. The summed E-state index contributed by atoms with van der Waals surface area (Å²) in [4.78, 5) is 30.9. The van der Waals surface area contributed by atoms with Gasteiger partial charge in [-0.1, -0.05) is 6.92 Å². The number of hydrogen-bond donors (Lipinski definition) is 3. The molecular weight excluding hydrogens is 290 g/mol. The van der Waals surface area contributed by atoms with Crippen LogP contribution in [0.4, 0.5) is 17.1 Å². The molecule has 10 heteroatoms. The monoisotopic (exact) mass is 301 g/mol. The molecule has 1 aromatic rings. The van der Waals surface area contributed by atoms with E-state index in [4.69, 9.17) is 5.11 Å². The molecule has 0 unspecified atom stereocenters. The Balaban J connectivity index is 3.20. The van der Waals surface area contributed by atoms with E-state index in [-0.39, 0.29) is 5.69 Å². The number of nitro groups is 2. The van der Waals surface area contributed by atoms with E-state index < -0.39 is 38.5 Å². The van der Waals surface area contributed by atoms with Crippen molar-refractivity contribution in [3.63, 3.8) is 0 Å². The maximum absolute atomic E-state index is 11.0. The summed E-state index contributed by atoms with van der Waals surface area (Å²) >= 11 is 3.98. The Bertz CT molecular complexity index is 562. The van der Waals surface area contributed by atoms with Gasteiger partial charge in [0.1, 0.15) is 11.7 Å². The summed E-state index contributed by atoms with van der Waals surface area (Å²) in [5.41, 5.74) is -1.14. The van der Waals surface area contributed by atoms with Crippen molar-refractivity contribution >= 4 is 35.7 Å². The first-order valence-electron chi connectivity index (χ1n) is 5.34. The first-order valence-corrected chi connectivity index (χ1v) is 5.86. The number of non-ortho nitro benzene ring substituents is 1. The van der Waals surface area contributed by atoms with Gasteiger partial charge in [0.15, 0.2) is 0 Å². The topological polar surface area (TPSA) is 136 Å². The lowest BCUT2D eigenvalue weighted by Crippen LogP contribution is -2.36. The largest absolute Gasteiger partial charge is 0.480 e. The minimum absolute atomic E-state index is 0.117. The minimum atomic E-state index is -1.24. The van der Waals surface area contributed by atoms with Crippen LogP contribution in [0.3, 0.4) is 0 Å². The predicted octanol–water partition coefficient (Wildman–Crippen LogP) is 1.69. The van der Waals surface area contributed by atoms with E-state index in [1.165, 1.54) is 6.92 Å². The molecule has 1 aromatic carbocycles. The fourth-order valence-electron chi connectivity index (χ4n) is 1.46. The number of hydrogen-bond acceptors (Lipinski definition) is 7. The second kappa shape index (κ2) is 6.19. The second-order valence-corrected chi connectivity index (χ2v) is 4.73. The standard InChI is InChI=1S/C10H11N3O6S/c1-5(20)9(10(14)15)11-7-3-2-6(12(16)17)4-8(7)13(18)19/h2-5,9,11,20H,1H3,(H,14,15)/t5-,9+/m1/s1. The molecule has 0 fully saturated rings. The van der Waals surface area contributed by atoms with Crippen molar-refractivity contribution in [2.45, 2.75) is 18.2 Å². The lowest BCUT2D eigenvalue weighted by molar-refractivity contribution is -0.393. The predicted molar refractivity (Wildman–Crippen MR) is 73.2 cm³/mol. The van der Waals surface area contributed by atoms with Gasteiger partial charge < -0.3 is 10.4 Å². The van der Waals surface area contributed by atoms with Crippen LogP contribution in [0, 0.1) is 20.2 Å². The van der Waals surface area contributed by atoms with E-state index >= 15 is 0 Å². The number of carbonyl (C=O) groups is 1. The normalized spacial score (nSPS) is 13.3. The SMILES string of the molecule is C[C@@H](S)[C@H](Nc1ccc([N+](=O)[O-])cc1[N+](=O)[O-])C(=O)O. The molecule has 0 saturated heterocycles. The Morgan fingerprint density at radius 2 is 1.95 bits per heavy atom. The van der Waals surface area contributed by atoms with Crippen LogP contribution in [0.1, 0.15) is 6.92 Å². The van der Waals surface area contributed by atoms with Gasteiger partial charge in [0.05, 0.1) is 15.9 Å². The summed E-state index contributed by atoms with van der Waals surface area (Å²) in [6, 6.07) is 1.75. The molecule has 0 spiro atoms. The minimum Gasteiger partial charge on any atom is -0.480 e. The molecule has 0 amide bonds. The van der Waals surface area contributed by atoms with E-state index in [9.17, 15) is 25.0 Å². The van der Waals surface area contributed by atoms with Gasteiger partial charge in [0.2, 0.25) is 0 Å². The quantitative estimate of drug-likeness (QED) is 0.413. The molecule has 0 aliphatic heterocycles. The summed E-state index contributed by atoms with van der Waals surface area (Å²) in [5, 5.41) is 32.3. The summed E-state index contributed by atoms with van der Waals surface area (Å²) in [6.45, 7) is 1.51. The molecule has 0 bridgehead atoms. The van der Waals surface area contributed by atoms with Crippen molar-refractivity contribution in [2.24, 2.45) is 0 Å². The van der Waals surface area contributed by atoms with Crippen LogP contribution >= 0.6 is 12.6 Å². The third-order valence-electron chi connectivity index (χ3n) is 2.45. The van der Waals surface area contributed by atoms with Crippen LogP contribution < -0.4 is 5.32 Å². The Morgan fingerprint density at radius 1 is 1.35 bits per heavy atom. The second-order valence-electron chi connectivity index (χ2n) is 3.92. The van der Waals surface area contributed by atoms with Gasteiger partial charge >= 0.3 is 5.97 Å². The number of rotatable bonds is 6. The summed E-state index contributed by atoms with van der Waals surface area (Å²) in [7, 11) is 0. The third kappa shape index (κ3) is 3.57. The van der Waals surface area contributed by atoms with Crippen molar-refractivity contribution in [3.05, 3.63) is 38.4 Å². The Labute approximate surface area is 118 Å². The lowest BCUT2D eigenvalue weighted by Gasteiger charge is -2.18. The van der Waals surface area contributed by atoms with Crippen LogP contribution in [-0.4, -0.2) is 32.2 Å². The van der Waals surface area contributed by atoms with Gasteiger partial charge in [-0.3, -0.25) is 20.2 Å². The molecule has 9 nitrogen and oxygen atoms in total. The molecule has 0 heterocycles. The number of benzene rings is 1. The fraction of sp³-hybridized carbons (Fsp3) is 0.300. The highest BCUT2D eigenvalue weighted by molar-refractivity contribution is 7.81. The Morgan fingerprint density at radius 3 is 2.35 bits per heavy atom. The average Bonchev–Trinajstić information content (AvgIpc) is 2.34. The van der Waals surface area contributed by atoms with E-state index in [0.29, 0.717) is 0 Å². The summed E-state index contributed by atoms with van der Waals surface area (Å²) in [6.07, 6.45) is 0. The number of carboxylic acid groups (broad SMARTS) is 1. The Kier molecular flexibility index (Phi) is 4.86. The smallest absolute Gasteiger partial charge is 0.327 e. The number of thiol groups is 1. The zero-order valence-electron chi connectivity index (χ0n) is 10.2. The number of nitrogens with zero attached hydrogens (tertiary/aromatic N) is 2. The molecule has 108 valence electrons. The van der Waals surface area contributed by atoms with Crippen LogP contribution in [0.15, 0.2) is 18.2 Å². The molecule has 0 radical (unpaired) electrons. The number of nitrogens with one attached hydrogen (secondary N) is 1. The van der Waals surface area contributed by atoms with E-state index in [2.05, 4.69) is 17.9 Å². The van der Waals surface area contributed by atoms with Crippen molar-refractivity contribution in [3.8, 4) is 0 Å². The third-order valence-corrected chi connectivity index (χ3v) is 2.75. The van der Waals surface area contributed by atoms with Gasteiger partial charge in [-0.15, -0.1) is 0 Å². The highest BCUT2D eigenvalue weighted by Crippen LogP contribution is 2.30. The number of carboxylic acids is 1. The summed E-state index contributed by atoms with van der Waals surface area (Å²) < 4.78 is 0. The lowest BCUT2D eigenvalue weighted by atomic mass is 10.2. The number of aliphatic carboxylic acids is 1. The molecule has 0 saturated carbocycles. The zero-order valence-corrected chi connectivity index (χ0v) is 11.1. The average molecular weight is 301 g/mol. The van der Waals surface area contributed by atoms with Crippen molar-refractivity contribution in [2.75, 3.05) is 5.32 Å². The molecule has 20 heavy (non-hydrogen) atoms. The van der Waals surface area contributed by atoms with Gasteiger partial charge in [0, 0.05) is 11.3 Å². The van der Waals surface area contributed by atoms with Gasteiger partial charge in [-0.05, 0) is 6.07 Å². The van der Waals surface area contributed by atoms with E-state index in [0.717, 1.165) is 18.2 Å². The fourth-order valence-corrected chi connectivity index (χ4v) is 1.66. The van der Waals surface area contributed by atoms with Crippen molar-refractivity contribution < 1.29 is 19.7 Å². The van der Waals surface area contributed by atoms with E-state index in [1.54, 1.807) is 0 Å². The van der Waals surface area contributed by atoms with Crippen LogP contribution in [0.5, 0.6) is 0 Å². The first kappa shape index (κ1) is 15.7. The highest BCUT2D eigenvalue weighted by Gasteiger charge is 2.26. The highest BCUT2D eigenvalue weighted by atomic mass is 32.1. The maximum Gasteiger partial charge on any atom is 0.327 e. The maximum atomic E-state index is 11.0. The molecule has 0 aromatic heterocycles. The summed E-state index contributed by atoms with van der Waals surface area (Å²) in [5.74, 6) is -1.24. The number of anilines is 1. The van der Waals surface area contributed by atoms with Crippen LogP contribution in [0.2, 0.25) is 0 Å². The van der Waals surface area contributed by atoms with Crippen molar-refractivity contribution in [1.29, 1.82) is 0 Å². The van der Waals surface area contributed by atoms with Crippen LogP contribution in [0.25, 0.3) is 0 Å². The molecule has 1 rings (SSSR count). The molecule has 2 atom stereocenters. The number of nitro benzene ring substituents is 2. The molecule has 0 aliphatic rings. The molecular formula is C10H11N3O6S. The van der Waals surface area contributed by atoms with Gasteiger partial charge in [0.25, 0.3) is 11.4 Å². The zero-order chi connectivity index (χ0) is 15.4. The molecule has 0 aliphatic carbocycles. The van der Waals surface area contributed by atoms with Gasteiger partial charge in [-0.25, -0.2) is 4.79 Å². The van der Waals surface area contributed by atoms with E-state index in [1.807, 2.05) is 0 Å². The van der Waals surface area contributed by atoms with Crippen molar-refractivity contribution in [1.82, 2.24) is 0 Å². The Hall–Kier alpha value is -2.36. The van der Waals surface area contributed by atoms with Gasteiger partial charge in [-0.2, -0.15) is 12.6 Å². The molecule has 2 N–H and O–H groups in total.